The van der Waals surface area contributed by atoms with E-state index in [0.29, 0.717) is 25.1 Å². The largest absolute Gasteiger partial charge is 0.392 e. The SMILES string of the molecule is CCN(C(=O)C(CC)(CC)C(N)=S)c1cccc(F)c1. The van der Waals surface area contributed by atoms with Crippen LogP contribution in [-0.4, -0.2) is 17.4 Å². The summed E-state index contributed by atoms with van der Waals surface area (Å²) < 4.78 is 13.4. The Balaban J connectivity index is 3.23. The quantitative estimate of drug-likeness (QED) is 0.820. The molecule has 0 atom stereocenters. The minimum absolute atomic E-state index is 0.164. The number of amides is 1. The summed E-state index contributed by atoms with van der Waals surface area (Å²) in [6.45, 7) is 6.06. The molecule has 20 heavy (non-hydrogen) atoms. The Hall–Kier alpha value is -1.49. The van der Waals surface area contributed by atoms with Gasteiger partial charge in [-0.15, -0.1) is 0 Å². The average Bonchev–Trinajstić information content (AvgIpc) is 2.41. The first-order chi connectivity index (χ1) is 9.42. The number of nitrogens with two attached hydrogens (primary N) is 1. The highest BCUT2D eigenvalue weighted by atomic mass is 32.1. The lowest BCUT2D eigenvalue weighted by atomic mass is 9.80. The number of carbonyl (C=O) groups is 1. The smallest absolute Gasteiger partial charge is 0.240 e. The molecule has 0 aliphatic carbocycles. The summed E-state index contributed by atoms with van der Waals surface area (Å²) in [4.78, 5) is 14.6. The molecule has 1 aromatic rings. The number of rotatable bonds is 6. The van der Waals surface area contributed by atoms with Crippen molar-refractivity contribution in [2.45, 2.75) is 33.6 Å². The molecular formula is C15H21FN2OS. The van der Waals surface area contributed by atoms with Gasteiger partial charge < -0.3 is 10.6 Å². The molecular weight excluding hydrogens is 275 g/mol. The number of hydrogen-bond donors (Lipinski definition) is 1. The fourth-order valence-electron chi connectivity index (χ4n) is 2.35. The molecule has 5 heteroatoms. The van der Waals surface area contributed by atoms with Gasteiger partial charge in [0.1, 0.15) is 5.82 Å². The highest BCUT2D eigenvalue weighted by Crippen LogP contribution is 2.32. The molecule has 0 unspecified atom stereocenters. The molecule has 0 radical (unpaired) electrons. The van der Waals surface area contributed by atoms with E-state index in [0.717, 1.165) is 0 Å². The predicted octanol–water partition coefficient (Wildman–Crippen LogP) is 3.27. The fourth-order valence-corrected chi connectivity index (χ4v) is 2.73. The Bertz CT molecular complexity index is 500. The molecule has 0 heterocycles. The van der Waals surface area contributed by atoms with Crippen molar-refractivity contribution in [1.29, 1.82) is 0 Å². The molecule has 1 amide bonds. The van der Waals surface area contributed by atoms with Gasteiger partial charge >= 0.3 is 0 Å². The van der Waals surface area contributed by atoms with Crippen molar-refractivity contribution >= 4 is 28.8 Å². The van der Waals surface area contributed by atoms with Gasteiger partial charge in [-0.2, -0.15) is 0 Å². The lowest BCUT2D eigenvalue weighted by Crippen LogP contribution is -2.50. The number of thiocarbonyl (C=S) groups is 1. The molecule has 0 aliphatic rings. The van der Waals surface area contributed by atoms with E-state index in [2.05, 4.69) is 0 Å². The van der Waals surface area contributed by atoms with Crippen LogP contribution < -0.4 is 10.6 Å². The van der Waals surface area contributed by atoms with Crippen molar-refractivity contribution in [2.75, 3.05) is 11.4 Å². The third kappa shape index (κ3) is 2.98. The van der Waals surface area contributed by atoms with Gasteiger partial charge in [-0.05, 0) is 38.0 Å². The zero-order valence-electron chi connectivity index (χ0n) is 12.1. The third-order valence-electron chi connectivity index (χ3n) is 3.77. The Kier molecular flexibility index (Phi) is 5.62. The van der Waals surface area contributed by atoms with Crippen molar-refractivity contribution in [1.82, 2.24) is 0 Å². The first-order valence-corrected chi connectivity index (χ1v) is 7.21. The van der Waals surface area contributed by atoms with Gasteiger partial charge in [0, 0.05) is 12.2 Å². The summed E-state index contributed by atoms with van der Waals surface area (Å²) in [5.74, 6) is -0.536. The predicted molar refractivity (Wildman–Crippen MR) is 84.2 cm³/mol. The zero-order valence-corrected chi connectivity index (χ0v) is 13.0. The topological polar surface area (TPSA) is 46.3 Å². The summed E-state index contributed by atoms with van der Waals surface area (Å²) in [7, 11) is 0. The maximum absolute atomic E-state index is 13.4. The van der Waals surface area contributed by atoms with E-state index in [4.69, 9.17) is 18.0 Å². The van der Waals surface area contributed by atoms with E-state index in [1.807, 2.05) is 20.8 Å². The Labute approximate surface area is 125 Å². The third-order valence-corrected chi connectivity index (χ3v) is 4.16. The van der Waals surface area contributed by atoms with Gasteiger partial charge in [-0.3, -0.25) is 4.79 Å². The molecule has 3 nitrogen and oxygen atoms in total. The summed E-state index contributed by atoms with van der Waals surface area (Å²) in [5, 5.41) is 0. The van der Waals surface area contributed by atoms with Crippen LogP contribution in [0.3, 0.4) is 0 Å². The van der Waals surface area contributed by atoms with Crippen molar-refractivity contribution in [2.24, 2.45) is 11.1 Å². The monoisotopic (exact) mass is 296 g/mol. The zero-order chi connectivity index (χ0) is 15.3. The summed E-state index contributed by atoms with van der Waals surface area (Å²) in [6.07, 6.45) is 1.06. The van der Waals surface area contributed by atoms with Crippen molar-refractivity contribution in [3.8, 4) is 0 Å². The maximum atomic E-state index is 13.4. The van der Waals surface area contributed by atoms with Gasteiger partial charge in [0.2, 0.25) is 5.91 Å². The van der Waals surface area contributed by atoms with Gasteiger partial charge in [-0.1, -0.05) is 32.1 Å². The number of carbonyl (C=O) groups excluding carboxylic acids is 1. The number of halogens is 1. The van der Waals surface area contributed by atoms with Gasteiger partial charge in [0.25, 0.3) is 0 Å². The van der Waals surface area contributed by atoms with Gasteiger partial charge in [0.05, 0.1) is 10.4 Å². The van der Waals surface area contributed by atoms with E-state index < -0.39 is 5.41 Å². The van der Waals surface area contributed by atoms with Crippen LogP contribution in [0, 0.1) is 11.2 Å². The van der Waals surface area contributed by atoms with E-state index in [1.165, 1.54) is 17.0 Å². The maximum Gasteiger partial charge on any atom is 0.240 e. The second-order valence-corrected chi connectivity index (χ2v) is 5.12. The number of anilines is 1. The lowest BCUT2D eigenvalue weighted by Gasteiger charge is -2.34. The molecule has 0 aliphatic heterocycles. The molecule has 2 N–H and O–H groups in total. The van der Waals surface area contributed by atoms with Crippen LogP contribution in [0.15, 0.2) is 24.3 Å². The van der Waals surface area contributed by atoms with Crippen molar-refractivity contribution < 1.29 is 9.18 Å². The Morgan fingerprint density at radius 2 is 1.95 bits per heavy atom. The normalized spacial score (nSPS) is 11.2. The van der Waals surface area contributed by atoms with Crippen LogP contribution >= 0.6 is 12.2 Å². The molecule has 0 saturated heterocycles. The van der Waals surface area contributed by atoms with Crippen LogP contribution in [0.4, 0.5) is 10.1 Å². The van der Waals surface area contributed by atoms with Crippen LogP contribution in [0.5, 0.6) is 0 Å². The van der Waals surface area contributed by atoms with Crippen molar-refractivity contribution in [3.05, 3.63) is 30.1 Å². The first kappa shape index (κ1) is 16.6. The molecule has 0 bridgehead atoms. The second kappa shape index (κ2) is 6.79. The molecule has 0 fully saturated rings. The first-order valence-electron chi connectivity index (χ1n) is 6.80. The van der Waals surface area contributed by atoms with E-state index in [9.17, 15) is 9.18 Å². The Morgan fingerprint density at radius 1 is 1.35 bits per heavy atom. The average molecular weight is 296 g/mol. The summed E-state index contributed by atoms with van der Waals surface area (Å²) in [6, 6.07) is 5.99. The van der Waals surface area contributed by atoms with E-state index in [-0.39, 0.29) is 16.7 Å². The minimum atomic E-state index is -0.863. The summed E-state index contributed by atoms with van der Waals surface area (Å²) >= 11 is 5.10. The molecule has 0 saturated carbocycles. The number of benzene rings is 1. The fraction of sp³-hybridized carbons (Fsp3) is 0.467. The molecule has 0 aromatic heterocycles. The highest BCUT2D eigenvalue weighted by molar-refractivity contribution is 7.80. The second-order valence-electron chi connectivity index (χ2n) is 4.68. The number of hydrogen-bond acceptors (Lipinski definition) is 2. The summed E-state index contributed by atoms with van der Waals surface area (Å²) in [5.41, 5.74) is 5.47. The van der Waals surface area contributed by atoms with Gasteiger partial charge in [-0.25, -0.2) is 4.39 Å². The number of nitrogens with zero attached hydrogens (tertiary/aromatic N) is 1. The molecule has 0 spiro atoms. The van der Waals surface area contributed by atoms with Crippen LogP contribution in [0.2, 0.25) is 0 Å². The van der Waals surface area contributed by atoms with E-state index in [1.54, 1.807) is 12.1 Å². The van der Waals surface area contributed by atoms with Crippen LogP contribution in [0.1, 0.15) is 33.6 Å². The van der Waals surface area contributed by atoms with E-state index >= 15 is 0 Å². The molecule has 1 aromatic carbocycles. The minimum Gasteiger partial charge on any atom is -0.392 e. The Morgan fingerprint density at radius 3 is 2.35 bits per heavy atom. The van der Waals surface area contributed by atoms with Crippen LogP contribution in [-0.2, 0) is 4.79 Å². The van der Waals surface area contributed by atoms with Gasteiger partial charge in [0.15, 0.2) is 0 Å². The highest BCUT2D eigenvalue weighted by Gasteiger charge is 2.41. The molecule has 110 valence electrons. The van der Waals surface area contributed by atoms with Crippen LogP contribution in [0.25, 0.3) is 0 Å². The van der Waals surface area contributed by atoms with Crippen molar-refractivity contribution in [3.63, 3.8) is 0 Å². The standard InChI is InChI=1S/C15H21FN2OS/c1-4-15(5-2,13(17)20)14(19)18(6-3)12-9-7-8-11(16)10-12/h7-10H,4-6H2,1-3H3,(H2,17,20). The lowest BCUT2D eigenvalue weighted by molar-refractivity contribution is -0.125. The molecule has 1 rings (SSSR count).